The van der Waals surface area contributed by atoms with Gasteiger partial charge in [0.2, 0.25) is 0 Å². The van der Waals surface area contributed by atoms with Gasteiger partial charge in [0, 0.05) is 13.1 Å². The summed E-state index contributed by atoms with van der Waals surface area (Å²) in [6.07, 6.45) is 0. The Morgan fingerprint density at radius 2 is 1.83 bits per heavy atom. The normalized spacial score (nSPS) is 12.7. The van der Waals surface area contributed by atoms with Gasteiger partial charge in [0.05, 0.1) is 6.54 Å². The fourth-order valence-electron chi connectivity index (χ4n) is 1.82. The highest BCUT2D eigenvalue weighted by Gasteiger charge is 2.08. The minimum atomic E-state index is 0.308. The molecule has 96 valence electrons. The Bertz CT molecular complexity index is 513. The smallest absolute Gasteiger partial charge is 0.146 e. The number of hydrogen-bond donors (Lipinski definition) is 1. The van der Waals surface area contributed by atoms with Crippen LogP contribution in [0.5, 0.6) is 0 Å². The van der Waals surface area contributed by atoms with Gasteiger partial charge in [-0.2, -0.15) is 0 Å². The SMILES string of the molecule is Cc1ccc([C@@H](C)NCc2nnc(C)n2C)cc1. The number of rotatable bonds is 4. The zero-order valence-corrected chi connectivity index (χ0v) is 11.4. The zero-order chi connectivity index (χ0) is 13.1. The molecule has 0 radical (unpaired) electrons. The number of hydrogen-bond acceptors (Lipinski definition) is 3. The molecule has 2 aromatic rings. The summed E-state index contributed by atoms with van der Waals surface area (Å²) in [7, 11) is 1.99. The molecule has 0 amide bonds. The highest BCUT2D eigenvalue weighted by Crippen LogP contribution is 2.13. The Morgan fingerprint density at radius 1 is 1.17 bits per heavy atom. The van der Waals surface area contributed by atoms with E-state index in [4.69, 9.17) is 0 Å². The van der Waals surface area contributed by atoms with Crippen LogP contribution < -0.4 is 5.32 Å². The maximum atomic E-state index is 4.15. The van der Waals surface area contributed by atoms with E-state index >= 15 is 0 Å². The summed E-state index contributed by atoms with van der Waals surface area (Å²) in [6.45, 7) is 6.95. The summed E-state index contributed by atoms with van der Waals surface area (Å²) >= 11 is 0. The second-order valence-corrected chi connectivity index (χ2v) is 4.74. The average Bonchev–Trinajstić information content (AvgIpc) is 2.68. The molecule has 1 aromatic carbocycles. The largest absolute Gasteiger partial charge is 0.317 e. The van der Waals surface area contributed by atoms with Gasteiger partial charge in [-0.15, -0.1) is 10.2 Å². The first-order valence-corrected chi connectivity index (χ1v) is 6.22. The molecular weight excluding hydrogens is 224 g/mol. The topological polar surface area (TPSA) is 42.7 Å². The molecule has 0 saturated carbocycles. The Kier molecular flexibility index (Phi) is 3.77. The van der Waals surface area contributed by atoms with Gasteiger partial charge in [-0.25, -0.2) is 0 Å². The minimum Gasteiger partial charge on any atom is -0.317 e. The van der Waals surface area contributed by atoms with Crippen molar-refractivity contribution in [3.63, 3.8) is 0 Å². The monoisotopic (exact) mass is 244 g/mol. The van der Waals surface area contributed by atoms with Crippen LogP contribution in [0.4, 0.5) is 0 Å². The van der Waals surface area contributed by atoms with E-state index in [2.05, 4.69) is 53.6 Å². The number of nitrogens with zero attached hydrogens (tertiary/aromatic N) is 3. The maximum Gasteiger partial charge on any atom is 0.146 e. The Morgan fingerprint density at radius 3 is 2.39 bits per heavy atom. The molecule has 0 bridgehead atoms. The number of nitrogens with one attached hydrogen (secondary N) is 1. The fourth-order valence-corrected chi connectivity index (χ4v) is 1.82. The van der Waals surface area contributed by atoms with Crippen LogP contribution in [0.1, 0.15) is 35.7 Å². The van der Waals surface area contributed by atoms with Crippen molar-refractivity contribution >= 4 is 0 Å². The molecule has 1 aromatic heterocycles. The highest BCUT2D eigenvalue weighted by molar-refractivity contribution is 5.23. The van der Waals surface area contributed by atoms with E-state index in [9.17, 15) is 0 Å². The summed E-state index contributed by atoms with van der Waals surface area (Å²) in [4.78, 5) is 0. The van der Waals surface area contributed by atoms with Crippen LogP contribution >= 0.6 is 0 Å². The van der Waals surface area contributed by atoms with Crippen LogP contribution in [0.2, 0.25) is 0 Å². The fraction of sp³-hybridized carbons (Fsp3) is 0.429. The van der Waals surface area contributed by atoms with Crippen LogP contribution in [0.25, 0.3) is 0 Å². The first-order chi connectivity index (χ1) is 8.58. The predicted molar refractivity (Wildman–Crippen MR) is 72.2 cm³/mol. The number of aryl methyl sites for hydroxylation is 2. The van der Waals surface area contributed by atoms with Gasteiger partial charge in [-0.05, 0) is 26.3 Å². The summed E-state index contributed by atoms with van der Waals surface area (Å²) in [6, 6.07) is 8.91. The van der Waals surface area contributed by atoms with Crippen molar-refractivity contribution in [3.8, 4) is 0 Å². The van der Waals surface area contributed by atoms with Gasteiger partial charge in [-0.1, -0.05) is 29.8 Å². The molecule has 0 fully saturated rings. The molecule has 1 N–H and O–H groups in total. The summed E-state index contributed by atoms with van der Waals surface area (Å²) in [5.41, 5.74) is 2.58. The van der Waals surface area contributed by atoms with Crippen molar-refractivity contribution in [2.75, 3.05) is 0 Å². The standard InChI is InChI=1S/C14H20N4/c1-10-5-7-13(8-6-10)11(2)15-9-14-17-16-12(3)18(14)4/h5-8,11,15H,9H2,1-4H3/t11-/m1/s1. The molecule has 0 spiro atoms. The second-order valence-electron chi connectivity index (χ2n) is 4.74. The van der Waals surface area contributed by atoms with Crippen molar-refractivity contribution in [2.45, 2.75) is 33.4 Å². The van der Waals surface area contributed by atoms with Gasteiger partial charge >= 0.3 is 0 Å². The van der Waals surface area contributed by atoms with E-state index in [-0.39, 0.29) is 0 Å². The van der Waals surface area contributed by atoms with E-state index in [1.165, 1.54) is 11.1 Å². The first-order valence-electron chi connectivity index (χ1n) is 6.22. The zero-order valence-electron chi connectivity index (χ0n) is 11.4. The Hall–Kier alpha value is -1.68. The van der Waals surface area contributed by atoms with Crippen molar-refractivity contribution in [2.24, 2.45) is 7.05 Å². The lowest BCUT2D eigenvalue weighted by atomic mass is 10.1. The predicted octanol–water partition coefficient (Wildman–Crippen LogP) is 2.28. The summed E-state index contributed by atoms with van der Waals surface area (Å²) in [5, 5.41) is 11.7. The first kappa shape index (κ1) is 12.8. The van der Waals surface area contributed by atoms with Crippen LogP contribution in [-0.2, 0) is 13.6 Å². The van der Waals surface area contributed by atoms with E-state index in [1.807, 2.05) is 18.5 Å². The lowest BCUT2D eigenvalue weighted by Crippen LogP contribution is -2.20. The molecule has 18 heavy (non-hydrogen) atoms. The van der Waals surface area contributed by atoms with Gasteiger partial charge in [0.15, 0.2) is 0 Å². The van der Waals surface area contributed by atoms with Gasteiger partial charge in [0.25, 0.3) is 0 Å². The summed E-state index contributed by atoms with van der Waals surface area (Å²) < 4.78 is 2.01. The highest BCUT2D eigenvalue weighted by atomic mass is 15.3. The molecular formula is C14H20N4. The molecule has 4 heteroatoms. The summed E-state index contributed by atoms with van der Waals surface area (Å²) in [5.74, 6) is 1.90. The lowest BCUT2D eigenvalue weighted by Gasteiger charge is -2.14. The van der Waals surface area contributed by atoms with Crippen LogP contribution in [0.15, 0.2) is 24.3 Å². The molecule has 0 aliphatic carbocycles. The second kappa shape index (κ2) is 5.31. The van der Waals surface area contributed by atoms with E-state index in [1.54, 1.807) is 0 Å². The number of benzene rings is 1. The molecule has 0 unspecified atom stereocenters. The van der Waals surface area contributed by atoms with Crippen LogP contribution in [0, 0.1) is 13.8 Å². The third-order valence-electron chi connectivity index (χ3n) is 3.33. The quantitative estimate of drug-likeness (QED) is 0.897. The van der Waals surface area contributed by atoms with E-state index < -0.39 is 0 Å². The molecule has 4 nitrogen and oxygen atoms in total. The molecule has 2 rings (SSSR count). The Balaban J connectivity index is 1.98. The molecule has 0 aliphatic rings. The lowest BCUT2D eigenvalue weighted by molar-refractivity contribution is 0.547. The minimum absolute atomic E-state index is 0.308. The van der Waals surface area contributed by atoms with E-state index in [0.29, 0.717) is 6.04 Å². The molecule has 1 heterocycles. The van der Waals surface area contributed by atoms with Crippen molar-refractivity contribution < 1.29 is 0 Å². The van der Waals surface area contributed by atoms with Crippen molar-refractivity contribution in [1.82, 2.24) is 20.1 Å². The maximum absolute atomic E-state index is 4.15. The van der Waals surface area contributed by atoms with Gasteiger partial charge in [-0.3, -0.25) is 0 Å². The van der Waals surface area contributed by atoms with Crippen LogP contribution in [0.3, 0.4) is 0 Å². The molecule has 0 aliphatic heterocycles. The average molecular weight is 244 g/mol. The van der Waals surface area contributed by atoms with Gasteiger partial charge in [0.1, 0.15) is 11.6 Å². The number of aromatic nitrogens is 3. The molecule has 0 saturated heterocycles. The van der Waals surface area contributed by atoms with Crippen LogP contribution in [-0.4, -0.2) is 14.8 Å². The Labute approximate surface area is 108 Å². The third kappa shape index (κ3) is 2.76. The van der Waals surface area contributed by atoms with E-state index in [0.717, 1.165) is 18.2 Å². The van der Waals surface area contributed by atoms with Crippen molar-refractivity contribution in [3.05, 3.63) is 47.0 Å². The molecule has 1 atom stereocenters. The third-order valence-corrected chi connectivity index (χ3v) is 3.33. The van der Waals surface area contributed by atoms with Crippen molar-refractivity contribution in [1.29, 1.82) is 0 Å². The van der Waals surface area contributed by atoms with Gasteiger partial charge < -0.3 is 9.88 Å².